The molecule has 160 valence electrons. The van der Waals surface area contributed by atoms with Crippen molar-refractivity contribution in [3.05, 3.63) is 77.6 Å². The Labute approximate surface area is 180 Å². The quantitative estimate of drug-likeness (QED) is 0.507. The molecule has 3 rings (SSSR count). The Balaban J connectivity index is 1.73. The van der Waals surface area contributed by atoms with Crippen molar-refractivity contribution in [2.24, 2.45) is 0 Å². The average Bonchev–Trinajstić information content (AvgIpc) is 2.70. The smallest absolute Gasteiger partial charge is 0.416 e. The first-order valence-electron chi connectivity index (χ1n) is 9.04. The van der Waals surface area contributed by atoms with Gasteiger partial charge in [0.15, 0.2) is 11.4 Å². The number of aromatic nitrogens is 1. The van der Waals surface area contributed by atoms with Crippen molar-refractivity contribution in [2.45, 2.75) is 29.8 Å². The number of esters is 1. The van der Waals surface area contributed by atoms with Crippen molar-refractivity contribution in [1.29, 1.82) is 0 Å². The number of hydrogen-bond donors (Lipinski definition) is 1. The molecule has 3 aromatic rings. The molecular weight excluding hydrogens is 429 g/mol. The van der Waals surface area contributed by atoms with E-state index < -0.39 is 23.6 Å². The Kier molecular flexibility index (Phi) is 6.65. The third-order valence-corrected chi connectivity index (χ3v) is 5.07. The van der Waals surface area contributed by atoms with Gasteiger partial charge >= 0.3 is 12.1 Å². The summed E-state index contributed by atoms with van der Waals surface area (Å²) in [5.41, 5.74) is 0.298. The third-order valence-electron chi connectivity index (χ3n) is 4.07. The van der Waals surface area contributed by atoms with E-state index in [0.717, 1.165) is 12.1 Å². The second-order valence-corrected chi connectivity index (χ2v) is 7.65. The molecule has 0 unspecified atom stereocenters. The summed E-state index contributed by atoms with van der Waals surface area (Å²) in [4.78, 5) is 29.1. The van der Waals surface area contributed by atoms with Gasteiger partial charge in [0, 0.05) is 28.6 Å². The number of aryl methyl sites for hydroxylation is 1. The predicted molar refractivity (Wildman–Crippen MR) is 110 cm³/mol. The molecule has 0 aliphatic rings. The van der Waals surface area contributed by atoms with Crippen molar-refractivity contribution in [1.82, 2.24) is 4.98 Å². The van der Waals surface area contributed by atoms with Gasteiger partial charge in [0.25, 0.3) is 5.91 Å². The second-order valence-electron chi connectivity index (χ2n) is 6.51. The van der Waals surface area contributed by atoms with E-state index in [-0.39, 0.29) is 11.4 Å². The molecule has 0 fully saturated rings. The number of carbonyl (C=O) groups is 2. The first-order valence-corrected chi connectivity index (χ1v) is 9.85. The first kappa shape index (κ1) is 22.4. The Morgan fingerprint density at radius 1 is 1.03 bits per heavy atom. The SMILES string of the molecule is CC(=O)Oc1c(C)ccnc1C(=O)Nc1ccc(Sc2cccc(C(F)(F)F)c2)cc1. The minimum atomic E-state index is -4.40. The number of pyridine rings is 1. The highest BCUT2D eigenvalue weighted by Gasteiger charge is 2.30. The molecule has 0 aliphatic heterocycles. The predicted octanol–water partition coefficient (Wildman–Crippen LogP) is 5.74. The standard InChI is InChI=1S/C22H17F3N2O3S/c1-13-10-11-26-19(20(13)30-14(2)28)21(29)27-16-6-8-17(9-7-16)31-18-5-3-4-15(12-18)22(23,24)25/h3-12H,1-2H3,(H,27,29). The minimum absolute atomic E-state index is 0.0300. The van der Waals surface area contributed by atoms with Crippen LogP contribution in [-0.4, -0.2) is 16.9 Å². The fourth-order valence-corrected chi connectivity index (χ4v) is 3.52. The molecule has 0 radical (unpaired) electrons. The number of ether oxygens (including phenoxy) is 1. The Morgan fingerprint density at radius 2 is 1.74 bits per heavy atom. The Bertz CT molecular complexity index is 1120. The molecule has 0 saturated carbocycles. The molecular formula is C22H17F3N2O3S. The summed E-state index contributed by atoms with van der Waals surface area (Å²) in [6, 6.07) is 13.3. The molecule has 1 N–H and O–H groups in total. The molecule has 0 bridgehead atoms. The van der Waals surface area contributed by atoms with E-state index in [2.05, 4.69) is 10.3 Å². The lowest BCUT2D eigenvalue weighted by atomic mass is 10.2. The third kappa shape index (κ3) is 5.85. The number of alkyl halides is 3. The van der Waals surface area contributed by atoms with E-state index in [9.17, 15) is 22.8 Å². The maximum absolute atomic E-state index is 12.9. The van der Waals surface area contributed by atoms with Crippen LogP contribution in [0.4, 0.5) is 18.9 Å². The van der Waals surface area contributed by atoms with Gasteiger partial charge in [-0.2, -0.15) is 13.2 Å². The molecule has 5 nitrogen and oxygen atoms in total. The number of amides is 1. The zero-order chi connectivity index (χ0) is 22.6. The van der Waals surface area contributed by atoms with Crippen LogP contribution in [0.15, 0.2) is 70.6 Å². The molecule has 1 heterocycles. The molecule has 1 aromatic heterocycles. The van der Waals surface area contributed by atoms with Gasteiger partial charge in [0.2, 0.25) is 0 Å². The van der Waals surface area contributed by atoms with Gasteiger partial charge in [0.05, 0.1) is 5.56 Å². The lowest BCUT2D eigenvalue weighted by molar-refractivity contribution is -0.137. The average molecular weight is 446 g/mol. The fraction of sp³-hybridized carbons (Fsp3) is 0.136. The summed E-state index contributed by atoms with van der Waals surface area (Å²) in [7, 11) is 0. The van der Waals surface area contributed by atoms with Crippen LogP contribution < -0.4 is 10.1 Å². The number of halogens is 3. The number of benzene rings is 2. The van der Waals surface area contributed by atoms with Crippen LogP contribution in [0.2, 0.25) is 0 Å². The van der Waals surface area contributed by atoms with Crippen LogP contribution in [0, 0.1) is 6.92 Å². The van der Waals surface area contributed by atoms with Crippen LogP contribution in [-0.2, 0) is 11.0 Å². The van der Waals surface area contributed by atoms with E-state index in [4.69, 9.17) is 4.74 Å². The van der Waals surface area contributed by atoms with Gasteiger partial charge in [-0.25, -0.2) is 4.98 Å². The minimum Gasteiger partial charge on any atom is -0.424 e. The summed E-state index contributed by atoms with van der Waals surface area (Å²) >= 11 is 1.17. The number of nitrogens with one attached hydrogen (secondary N) is 1. The molecule has 1 amide bonds. The van der Waals surface area contributed by atoms with Gasteiger partial charge in [-0.1, -0.05) is 17.8 Å². The zero-order valence-corrected chi connectivity index (χ0v) is 17.3. The van der Waals surface area contributed by atoms with Crippen molar-refractivity contribution in [3.8, 4) is 5.75 Å². The summed E-state index contributed by atoms with van der Waals surface area (Å²) < 4.78 is 43.7. The first-order chi connectivity index (χ1) is 14.6. The molecule has 0 aliphatic carbocycles. The van der Waals surface area contributed by atoms with Crippen LogP contribution >= 0.6 is 11.8 Å². The maximum Gasteiger partial charge on any atom is 0.416 e. The lowest BCUT2D eigenvalue weighted by Crippen LogP contribution is -2.17. The molecule has 0 spiro atoms. The van der Waals surface area contributed by atoms with Crippen molar-refractivity contribution in [2.75, 3.05) is 5.32 Å². The number of nitrogens with zero attached hydrogens (tertiary/aromatic N) is 1. The summed E-state index contributed by atoms with van der Waals surface area (Å²) in [5.74, 6) is -1.04. The van der Waals surface area contributed by atoms with E-state index in [0.29, 0.717) is 21.0 Å². The zero-order valence-electron chi connectivity index (χ0n) is 16.5. The normalized spacial score (nSPS) is 11.1. The van der Waals surface area contributed by atoms with Gasteiger partial charge < -0.3 is 10.1 Å². The van der Waals surface area contributed by atoms with E-state index >= 15 is 0 Å². The summed E-state index contributed by atoms with van der Waals surface area (Å²) in [5, 5.41) is 2.67. The monoisotopic (exact) mass is 446 g/mol. The topological polar surface area (TPSA) is 68.3 Å². The second kappa shape index (κ2) is 9.22. The van der Waals surface area contributed by atoms with Gasteiger partial charge in [-0.3, -0.25) is 9.59 Å². The molecule has 31 heavy (non-hydrogen) atoms. The number of anilines is 1. The number of rotatable bonds is 5. The Hall–Kier alpha value is -3.33. The van der Waals surface area contributed by atoms with Crippen molar-refractivity contribution >= 4 is 29.3 Å². The highest BCUT2D eigenvalue weighted by molar-refractivity contribution is 7.99. The van der Waals surface area contributed by atoms with Crippen LogP contribution in [0.3, 0.4) is 0 Å². The van der Waals surface area contributed by atoms with Gasteiger partial charge in [-0.15, -0.1) is 0 Å². The van der Waals surface area contributed by atoms with Gasteiger partial charge in [0.1, 0.15) is 0 Å². The van der Waals surface area contributed by atoms with Crippen LogP contribution in [0.25, 0.3) is 0 Å². The van der Waals surface area contributed by atoms with E-state index in [1.165, 1.54) is 30.9 Å². The molecule has 2 aromatic carbocycles. The van der Waals surface area contributed by atoms with Gasteiger partial charge in [-0.05, 0) is 61.0 Å². The van der Waals surface area contributed by atoms with Crippen molar-refractivity contribution < 1.29 is 27.5 Å². The van der Waals surface area contributed by atoms with Crippen LogP contribution in [0.5, 0.6) is 5.75 Å². The highest BCUT2D eigenvalue weighted by atomic mass is 32.2. The number of hydrogen-bond acceptors (Lipinski definition) is 5. The fourth-order valence-electron chi connectivity index (χ4n) is 2.65. The van der Waals surface area contributed by atoms with Crippen LogP contribution in [0.1, 0.15) is 28.5 Å². The molecule has 0 saturated heterocycles. The van der Waals surface area contributed by atoms with Crippen molar-refractivity contribution in [3.63, 3.8) is 0 Å². The maximum atomic E-state index is 12.9. The highest BCUT2D eigenvalue weighted by Crippen LogP contribution is 2.34. The molecule has 0 atom stereocenters. The largest absolute Gasteiger partial charge is 0.424 e. The Morgan fingerprint density at radius 3 is 2.39 bits per heavy atom. The van der Waals surface area contributed by atoms with E-state index in [1.54, 1.807) is 43.3 Å². The summed E-state index contributed by atoms with van der Waals surface area (Å²) in [6.07, 6.45) is -2.97. The lowest BCUT2D eigenvalue weighted by Gasteiger charge is -2.11. The number of carbonyl (C=O) groups excluding carboxylic acids is 2. The summed E-state index contributed by atoms with van der Waals surface area (Å²) in [6.45, 7) is 2.92. The molecule has 9 heteroatoms. The van der Waals surface area contributed by atoms with E-state index in [1.807, 2.05) is 0 Å².